The molecule has 4 rings (SSSR count). The van der Waals surface area contributed by atoms with Crippen LogP contribution >= 0.6 is 0 Å². The summed E-state index contributed by atoms with van der Waals surface area (Å²) >= 11 is 0. The summed E-state index contributed by atoms with van der Waals surface area (Å²) in [6.07, 6.45) is 1.25. The first-order valence-electron chi connectivity index (χ1n) is 11.2. The van der Waals surface area contributed by atoms with Gasteiger partial charge in [0.25, 0.3) is 0 Å². The number of sulfonamides is 1. The third-order valence-electron chi connectivity index (χ3n) is 6.69. The summed E-state index contributed by atoms with van der Waals surface area (Å²) in [6.45, 7) is 6.13. The molecule has 0 radical (unpaired) electrons. The van der Waals surface area contributed by atoms with Crippen molar-refractivity contribution in [3.05, 3.63) is 58.7 Å². The summed E-state index contributed by atoms with van der Waals surface area (Å²) in [4.78, 5) is 27.8. The first-order chi connectivity index (χ1) is 15.6. The van der Waals surface area contributed by atoms with Crippen molar-refractivity contribution >= 4 is 27.6 Å². The van der Waals surface area contributed by atoms with Gasteiger partial charge in [-0.05, 0) is 56.4 Å². The van der Waals surface area contributed by atoms with Crippen LogP contribution in [0.4, 0.5) is 5.69 Å². The summed E-state index contributed by atoms with van der Waals surface area (Å²) in [5, 5.41) is 0. The number of para-hydroxylation sites is 1. The van der Waals surface area contributed by atoms with Gasteiger partial charge in [-0.3, -0.25) is 9.69 Å². The number of benzene rings is 2. The fourth-order valence-electron chi connectivity index (χ4n) is 5.23. The Hall–Kier alpha value is -2.71. The number of piperidine rings is 1. The zero-order valence-corrected chi connectivity index (χ0v) is 20.3. The molecule has 7 nitrogen and oxygen atoms in total. The zero-order chi connectivity index (χ0) is 23.9. The van der Waals surface area contributed by atoms with E-state index in [1.165, 1.54) is 11.4 Å². The smallest absolute Gasteiger partial charge is 0.329 e. The van der Waals surface area contributed by atoms with Gasteiger partial charge in [-0.25, -0.2) is 13.2 Å². The predicted molar refractivity (Wildman–Crippen MR) is 126 cm³/mol. The number of nitrogens with zero attached hydrogens (tertiary/aromatic N) is 2. The van der Waals surface area contributed by atoms with Gasteiger partial charge in [-0.15, -0.1) is 0 Å². The molecule has 2 aliphatic heterocycles. The molecule has 1 unspecified atom stereocenters. The van der Waals surface area contributed by atoms with E-state index in [1.807, 2.05) is 57.2 Å². The summed E-state index contributed by atoms with van der Waals surface area (Å²) in [5.74, 6) is -0.935. The first-order valence-corrected chi connectivity index (χ1v) is 12.7. The normalized spacial score (nSPS) is 19.4. The van der Waals surface area contributed by atoms with Crippen LogP contribution < -0.4 is 4.90 Å². The molecule has 0 aromatic heterocycles. The molecular formula is C25H30N2O5S. The van der Waals surface area contributed by atoms with Crippen molar-refractivity contribution in [2.45, 2.75) is 51.0 Å². The van der Waals surface area contributed by atoms with Gasteiger partial charge in [-0.2, -0.15) is 4.31 Å². The number of fused-ring (bicyclic) bond motifs is 1. The predicted octanol–water partition coefficient (Wildman–Crippen LogP) is 3.14. The fraction of sp³-hybridized carbons (Fsp3) is 0.440. The van der Waals surface area contributed by atoms with Gasteiger partial charge in [0.15, 0.2) is 0 Å². The van der Waals surface area contributed by atoms with Gasteiger partial charge in [0.05, 0.1) is 12.0 Å². The number of anilines is 1. The van der Waals surface area contributed by atoms with E-state index in [-0.39, 0.29) is 24.9 Å². The molecule has 0 saturated carbocycles. The summed E-state index contributed by atoms with van der Waals surface area (Å²) in [7, 11) is -2.33. The van der Waals surface area contributed by atoms with Crippen molar-refractivity contribution in [3.8, 4) is 0 Å². The zero-order valence-electron chi connectivity index (χ0n) is 19.5. The molecule has 2 aromatic rings. The molecule has 1 fully saturated rings. The maximum Gasteiger partial charge on any atom is 0.329 e. The van der Waals surface area contributed by atoms with Crippen LogP contribution in [0.1, 0.15) is 35.1 Å². The largest absolute Gasteiger partial charge is 0.467 e. The van der Waals surface area contributed by atoms with Gasteiger partial charge in [0.2, 0.25) is 15.9 Å². The minimum Gasteiger partial charge on any atom is -0.467 e. The van der Waals surface area contributed by atoms with Crippen molar-refractivity contribution in [2.24, 2.45) is 5.92 Å². The summed E-state index contributed by atoms with van der Waals surface area (Å²) in [6, 6.07) is 10.6. The quantitative estimate of drug-likeness (QED) is 0.641. The Balaban J connectivity index is 1.53. The topological polar surface area (TPSA) is 84.0 Å². The number of aryl methyl sites for hydroxylation is 3. The number of carbonyl (C=O) groups is 2. The summed E-state index contributed by atoms with van der Waals surface area (Å²) < 4.78 is 33.2. The number of esters is 1. The Morgan fingerprint density at radius 2 is 1.61 bits per heavy atom. The van der Waals surface area contributed by atoms with Crippen molar-refractivity contribution in [1.29, 1.82) is 0 Å². The minimum atomic E-state index is -3.65. The average Bonchev–Trinajstić information content (AvgIpc) is 3.17. The number of hydrogen-bond donors (Lipinski definition) is 0. The van der Waals surface area contributed by atoms with E-state index in [0.29, 0.717) is 24.2 Å². The SMILES string of the molecule is COC(=O)C1Cc2ccccc2N1C(=O)C1CCN(S(=O)(=O)c2c(C)cc(C)cc2C)CC1. The molecule has 176 valence electrons. The molecule has 2 heterocycles. The highest BCUT2D eigenvalue weighted by molar-refractivity contribution is 7.89. The van der Waals surface area contributed by atoms with Gasteiger partial charge < -0.3 is 4.74 Å². The first kappa shape index (κ1) is 23.4. The number of methoxy groups -OCH3 is 1. The van der Waals surface area contributed by atoms with Crippen LogP contribution in [0.3, 0.4) is 0 Å². The molecule has 0 N–H and O–H groups in total. The molecule has 2 aliphatic rings. The van der Waals surface area contributed by atoms with Crippen LogP contribution in [0.5, 0.6) is 0 Å². The Morgan fingerprint density at radius 3 is 2.21 bits per heavy atom. The molecule has 8 heteroatoms. The second-order valence-corrected chi connectivity index (χ2v) is 10.9. The lowest BCUT2D eigenvalue weighted by atomic mass is 9.96. The highest BCUT2D eigenvalue weighted by Crippen LogP contribution is 2.36. The van der Waals surface area contributed by atoms with Crippen LogP contribution in [0.15, 0.2) is 41.3 Å². The van der Waals surface area contributed by atoms with Gasteiger partial charge >= 0.3 is 5.97 Å². The van der Waals surface area contributed by atoms with E-state index >= 15 is 0 Å². The molecule has 2 aromatic carbocycles. The van der Waals surface area contributed by atoms with E-state index in [1.54, 1.807) is 4.90 Å². The van der Waals surface area contributed by atoms with E-state index in [2.05, 4.69) is 0 Å². The van der Waals surface area contributed by atoms with Crippen LogP contribution in [0, 0.1) is 26.7 Å². The lowest BCUT2D eigenvalue weighted by Gasteiger charge is -2.34. The molecule has 1 amide bonds. The molecular weight excluding hydrogens is 440 g/mol. The number of rotatable bonds is 4. The van der Waals surface area contributed by atoms with E-state index in [0.717, 1.165) is 27.9 Å². The summed E-state index contributed by atoms with van der Waals surface area (Å²) in [5.41, 5.74) is 4.17. The van der Waals surface area contributed by atoms with Gasteiger partial charge in [-0.1, -0.05) is 35.9 Å². The van der Waals surface area contributed by atoms with Crippen LogP contribution in [0.25, 0.3) is 0 Å². The second-order valence-electron chi connectivity index (χ2n) is 8.99. The monoisotopic (exact) mass is 470 g/mol. The molecule has 0 aliphatic carbocycles. The lowest BCUT2D eigenvalue weighted by Crippen LogP contribution is -2.49. The lowest BCUT2D eigenvalue weighted by molar-refractivity contribution is -0.143. The van der Waals surface area contributed by atoms with E-state index in [4.69, 9.17) is 4.74 Å². The average molecular weight is 471 g/mol. The maximum atomic E-state index is 13.5. The van der Waals surface area contributed by atoms with Crippen LogP contribution in [-0.2, 0) is 30.8 Å². The third kappa shape index (κ3) is 4.17. The van der Waals surface area contributed by atoms with E-state index < -0.39 is 22.0 Å². The molecule has 33 heavy (non-hydrogen) atoms. The molecule has 0 spiro atoms. The molecule has 1 atom stereocenters. The molecule has 1 saturated heterocycles. The fourth-order valence-corrected chi connectivity index (χ4v) is 7.11. The van der Waals surface area contributed by atoms with Crippen molar-refractivity contribution < 1.29 is 22.7 Å². The van der Waals surface area contributed by atoms with Crippen LogP contribution in [-0.4, -0.2) is 50.8 Å². The highest BCUT2D eigenvalue weighted by atomic mass is 32.2. The third-order valence-corrected chi connectivity index (χ3v) is 8.90. The Labute approximate surface area is 195 Å². The Bertz CT molecular complexity index is 1180. The maximum absolute atomic E-state index is 13.5. The van der Waals surface area contributed by atoms with Crippen molar-refractivity contribution in [1.82, 2.24) is 4.31 Å². The number of hydrogen-bond acceptors (Lipinski definition) is 5. The van der Waals surface area contributed by atoms with Gasteiger partial charge in [0.1, 0.15) is 6.04 Å². The standard InChI is InChI=1S/C25H30N2O5S/c1-16-13-17(2)23(18(3)14-16)33(30,31)26-11-9-19(10-12-26)24(28)27-21-8-6-5-7-20(21)15-22(27)25(29)32-4/h5-8,13-14,19,22H,9-12,15H2,1-4H3. The van der Waals surface area contributed by atoms with Crippen molar-refractivity contribution in [2.75, 3.05) is 25.1 Å². The number of ether oxygens (including phenoxy) is 1. The van der Waals surface area contributed by atoms with Crippen LogP contribution in [0.2, 0.25) is 0 Å². The number of carbonyl (C=O) groups excluding carboxylic acids is 2. The molecule has 0 bridgehead atoms. The number of amides is 1. The Morgan fingerprint density at radius 1 is 1.00 bits per heavy atom. The second kappa shape index (κ2) is 8.91. The minimum absolute atomic E-state index is 0.143. The van der Waals surface area contributed by atoms with Crippen molar-refractivity contribution in [3.63, 3.8) is 0 Å². The van der Waals surface area contributed by atoms with E-state index in [9.17, 15) is 18.0 Å². The van der Waals surface area contributed by atoms with Gasteiger partial charge in [0, 0.05) is 31.1 Å². The highest BCUT2D eigenvalue weighted by Gasteiger charge is 2.43. The Kier molecular flexibility index (Phi) is 6.33.